The number of hydrogen-bond donors (Lipinski definition) is 3. The number of hydrogen-bond acceptors (Lipinski definition) is 4. The molecule has 0 saturated carbocycles. The van der Waals surface area contributed by atoms with Crippen LogP contribution in [0.25, 0.3) is 11.1 Å². The number of carbonyl (C=O) groups excluding carboxylic acids is 1. The maximum Gasteiger partial charge on any atom is 0.260 e. The van der Waals surface area contributed by atoms with Gasteiger partial charge >= 0.3 is 0 Å². The number of pyridine rings is 2. The molecule has 0 bridgehead atoms. The third-order valence-corrected chi connectivity index (χ3v) is 3.80. The van der Waals surface area contributed by atoms with E-state index >= 15 is 0 Å². The number of nitrogens with zero attached hydrogens (tertiary/aromatic N) is 1. The van der Waals surface area contributed by atoms with Crippen LogP contribution in [0.1, 0.15) is 22.0 Å². The minimum Gasteiger partial charge on any atom is -0.387 e. The fourth-order valence-electron chi connectivity index (χ4n) is 2.44. The Labute approximate surface area is 144 Å². The van der Waals surface area contributed by atoms with Crippen LogP contribution in [0.2, 0.25) is 0 Å². The number of aliphatic hydroxyl groups is 1. The molecule has 1 amide bonds. The Hall–Kier alpha value is -3.25. The highest BCUT2D eigenvalue weighted by Gasteiger charge is 2.14. The molecule has 6 nitrogen and oxygen atoms in total. The molecule has 25 heavy (non-hydrogen) atoms. The zero-order chi connectivity index (χ0) is 17.6. The van der Waals surface area contributed by atoms with Gasteiger partial charge in [0.05, 0.1) is 6.10 Å². The Balaban J connectivity index is 1.75. The molecule has 0 radical (unpaired) electrons. The van der Waals surface area contributed by atoms with E-state index in [9.17, 15) is 14.7 Å². The summed E-state index contributed by atoms with van der Waals surface area (Å²) in [5.41, 5.74) is 1.75. The summed E-state index contributed by atoms with van der Waals surface area (Å²) in [7, 11) is 0. The van der Waals surface area contributed by atoms with Crippen LogP contribution in [-0.4, -0.2) is 27.5 Å². The van der Waals surface area contributed by atoms with Crippen molar-refractivity contribution in [1.82, 2.24) is 15.3 Å². The average Bonchev–Trinajstić information content (AvgIpc) is 2.67. The molecule has 0 spiro atoms. The molecule has 0 saturated heterocycles. The first-order valence-corrected chi connectivity index (χ1v) is 7.79. The maximum absolute atomic E-state index is 12.3. The first-order chi connectivity index (χ1) is 12.1. The standard InChI is InChI=1S/C19H17N3O3/c23-17(14-4-2-1-3-5-14)12-22-19(25)16-10-15(11-21-18(16)24)13-6-8-20-9-7-13/h1-11,17,23H,12H2,(H,21,24)(H,22,25)/t17-/m0/s1. The van der Waals surface area contributed by atoms with Crippen molar-refractivity contribution < 1.29 is 9.90 Å². The molecule has 0 unspecified atom stereocenters. The third kappa shape index (κ3) is 3.99. The lowest BCUT2D eigenvalue weighted by atomic mass is 10.1. The molecule has 1 atom stereocenters. The largest absolute Gasteiger partial charge is 0.387 e. The molecule has 1 aromatic carbocycles. The van der Waals surface area contributed by atoms with E-state index in [4.69, 9.17) is 0 Å². The van der Waals surface area contributed by atoms with Gasteiger partial charge in [-0.05, 0) is 34.9 Å². The summed E-state index contributed by atoms with van der Waals surface area (Å²) < 4.78 is 0. The van der Waals surface area contributed by atoms with E-state index in [1.807, 2.05) is 18.2 Å². The SMILES string of the molecule is O=C(NC[C@H](O)c1ccccc1)c1cc(-c2ccncc2)c[nH]c1=O. The van der Waals surface area contributed by atoms with Crippen molar-refractivity contribution in [3.8, 4) is 11.1 Å². The molecule has 6 heteroatoms. The van der Waals surface area contributed by atoms with Crippen LogP contribution in [0.15, 0.2) is 71.9 Å². The average molecular weight is 335 g/mol. The van der Waals surface area contributed by atoms with Crippen LogP contribution >= 0.6 is 0 Å². The van der Waals surface area contributed by atoms with Gasteiger partial charge in [0.25, 0.3) is 11.5 Å². The highest BCUT2D eigenvalue weighted by Crippen LogP contribution is 2.17. The lowest BCUT2D eigenvalue weighted by molar-refractivity contribution is 0.0915. The predicted octanol–water partition coefficient (Wildman–Crippen LogP) is 1.90. The van der Waals surface area contributed by atoms with E-state index in [-0.39, 0.29) is 12.1 Å². The van der Waals surface area contributed by atoms with E-state index < -0.39 is 17.6 Å². The molecular formula is C19H17N3O3. The van der Waals surface area contributed by atoms with Gasteiger partial charge < -0.3 is 15.4 Å². The number of amides is 1. The first-order valence-electron chi connectivity index (χ1n) is 7.79. The smallest absolute Gasteiger partial charge is 0.260 e. The van der Waals surface area contributed by atoms with Gasteiger partial charge in [0.1, 0.15) is 5.56 Å². The summed E-state index contributed by atoms with van der Waals surface area (Å²) in [4.78, 5) is 30.8. The molecule has 0 aliphatic carbocycles. The highest BCUT2D eigenvalue weighted by molar-refractivity contribution is 5.95. The zero-order valence-electron chi connectivity index (χ0n) is 13.3. The van der Waals surface area contributed by atoms with Gasteiger partial charge in [0.2, 0.25) is 0 Å². The normalized spacial score (nSPS) is 11.7. The van der Waals surface area contributed by atoms with Crippen molar-refractivity contribution in [2.24, 2.45) is 0 Å². The van der Waals surface area contributed by atoms with Crippen molar-refractivity contribution in [2.75, 3.05) is 6.54 Å². The van der Waals surface area contributed by atoms with Crippen LogP contribution in [0.5, 0.6) is 0 Å². The summed E-state index contributed by atoms with van der Waals surface area (Å²) in [6, 6.07) is 14.1. The van der Waals surface area contributed by atoms with Gasteiger partial charge in [0.15, 0.2) is 0 Å². The summed E-state index contributed by atoms with van der Waals surface area (Å²) in [6.45, 7) is 0.0156. The molecule has 126 valence electrons. The monoisotopic (exact) mass is 335 g/mol. The first kappa shape index (κ1) is 16.6. The van der Waals surface area contributed by atoms with E-state index in [1.165, 1.54) is 6.07 Å². The Morgan fingerprint density at radius 1 is 1.12 bits per heavy atom. The molecule has 3 rings (SSSR count). The van der Waals surface area contributed by atoms with Crippen LogP contribution in [-0.2, 0) is 0 Å². The molecular weight excluding hydrogens is 318 g/mol. The van der Waals surface area contributed by atoms with Crippen LogP contribution in [0.4, 0.5) is 0 Å². The number of aromatic amines is 1. The molecule has 0 aliphatic rings. The number of aliphatic hydroxyl groups excluding tert-OH is 1. The van der Waals surface area contributed by atoms with Gasteiger partial charge in [-0.15, -0.1) is 0 Å². The summed E-state index contributed by atoms with van der Waals surface area (Å²) in [5, 5.41) is 12.7. The number of nitrogens with one attached hydrogen (secondary N) is 2. The number of carbonyl (C=O) groups is 1. The second-order valence-electron chi connectivity index (χ2n) is 5.50. The zero-order valence-corrected chi connectivity index (χ0v) is 13.3. The highest BCUT2D eigenvalue weighted by atomic mass is 16.3. The molecule has 0 fully saturated rings. The number of H-pyrrole nitrogens is 1. The van der Waals surface area contributed by atoms with Gasteiger partial charge in [-0.1, -0.05) is 30.3 Å². The van der Waals surface area contributed by atoms with Crippen molar-refractivity contribution >= 4 is 5.91 Å². The Morgan fingerprint density at radius 3 is 2.56 bits per heavy atom. The second kappa shape index (κ2) is 7.55. The lowest BCUT2D eigenvalue weighted by Gasteiger charge is -2.12. The quantitative estimate of drug-likeness (QED) is 0.664. The number of benzene rings is 1. The Bertz CT molecular complexity index is 908. The third-order valence-electron chi connectivity index (χ3n) is 3.80. The molecule has 3 N–H and O–H groups in total. The topological polar surface area (TPSA) is 95.1 Å². The van der Waals surface area contributed by atoms with Crippen molar-refractivity contribution in [3.05, 3.63) is 88.6 Å². The number of rotatable bonds is 5. The van der Waals surface area contributed by atoms with Crippen LogP contribution < -0.4 is 10.9 Å². The van der Waals surface area contributed by atoms with E-state index in [2.05, 4.69) is 15.3 Å². The predicted molar refractivity (Wildman–Crippen MR) is 94.0 cm³/mol. The van der Waals surface area contributed by atoms with Gasteiger partial charge in [-0.3, -0.25) is 14.6 Å². The summed E-state index contributed by atoms with van der Waals surface area (Å²) in [6.07, 6.45) is 3.98. The van der Waals surface area contributed by atoms with Crippen LogP contribution in [0, 0.1) is 0 Å². The fourth-order valence-corrected chi connectivity index (χ4v) is 2.44. The lowest BCUT2D eigenvalue weighted by Crippen LogP contribution is -2.32. The van der Waals surface area contributed by atoms with E-state index in [0.29, 0.717) is 11.1 Å². The minimum absolute atomic E-state index is 0.00502. The molecule has 0 aliphatic heterocycles. The van der Waals surface area contributed by atoms with Crippen molar-refractivity contribution in [1.29, 1.82) is 0 Å². The Morgan fingerprint density at radius 2 is 1.84 bits per heavy atom. The molecule has 2 heterocycles. The Kier molecular flexibility index (Phi) is 5.01. The van der Waals surface area contributed by atoms with E-state index in [1.54, 1.807) is 42.9 Å². The van der Waals surface area contributed by atoms with Crippen molar-refractivity contribution in [3.63, 3.8) is 0 Å². The second-order valence-corrected chi connectivity index (χ2v) is 5.50. The van der Waals surface area contributed by atoms with Gasteiger partial charge in [-0.2, -0.15) is 0 Å². The summed E-state index contributed by atoms with van der Waals surface area (Å²) >= 11 is 0. The van der Waals surface area contributed by atoms with Gasteiger partial charge in [0, 0.05) is 25.1 Å². The van der Waals surface area contributed by atoms with Crippen LogP contribution in [0.3, 0.4) is 0 Å². The number of aromatic nitrogens is 2. The van der Waals surface area contributed by atoms with Gasteiger partial charge in [-0.25, -0.2) is 0 Å². The fraction of sp³-hybridized carbons (Fsp3) is 0.105. The molecule has 3 aromatic rings. The maximum atomic E-state index is 12.3. The summed E-state index contributed by atoms with van der Waals surface area (Å²) in [5.74, 6) is -0.535. The van der Waals surface area contributed by atoms with Crippen molar-refractivity contribution in [2.45, 2.75) is 6.10 Å². The minimum atomic E-state index is -0.840. The molecule has 2 aromatic heterocycles. The van der Waals surface area contributed by atoms with E-state index in [0.717, 1.165) is 5.56 Å².